The summed E-state index contributed by atoms with van der Waals surface area (Å²) in [6, 6.07) is 0. The average molecular weight is 265 g/mol. The van der Waals surface area contributed by atoms with E-state index in [1.54, 1.807) is 4.90 Å². The van der Waals surface area contributed by atoms with Gasteiger partial charge in [0.1, 0.15) is 11.4 Å². The molecule has 0 aliphatic carbocycles. The average Bonchev–Trinajstić information content (AvgIpc) is 2.63. The molecule has 1 aromatic rings. The Kier molecular flexibility index (Phi) is 3.56. The van der Waals surface area contributed by atoms with Crippen molar-refractivity contribution in [3.05, 3.63) is 17.2 Å². The number of hydrogen-bond acceptors (Lipinski definition) is 3. The van der Waals surface area contributed by atoms with Crippen LogP contribution in [0.4, 0.5) is 4.79 Å². The van der Waals surface area contributed by atoms with Crippen LogP contribution in [0.25, 0.3) is 0 Å². The van der Waals surface area contributed by atoms with Gasteiger partial charge < -0.3 is 14.2 Å². The van der Waals surface area contributed by atoms with Gasteiger partial charge in [-0.1, -0.05) is 6.92 Å². The molecular weight excluding hydrogens is 242 g/mol. The largest absolute Gasteiger partial charge is 0.444 e. The lowest BCUT2D eigenvalue weighted by Crippen LogP contribution is -2.41. The van der Waals surface area contributed by atoms with E-state index in [2.05, 4.69) is 16.5 Å². The van der Waals surface area contributed by atoms with Crippen LogP contribution in [-0.2, 0) is 24.2 Å². The van der Waals surface area contributed by atoms with Gasteiger partial charge in [-0.25, -0.2) is 9.78 Å². The second-order valence-corrected chi connectivity index (χ2v) is 5.97. The Balaban J connectivity index is 2.14. The molecule has 5 heteroatoms. The van der Waals surface area contributed by atoms with Gasteiger partial charge in [0.15, 0.2) is 0 Å². The summed E-state index contributed by atoms with van der Waals surface area (Å²) < 4.78 is 7.65. The maximum Gasteiger partial charge on any atom is 0.410 e. The van der Waals surface area contributed by atoms with Crippen molar-refractivity contribution >= 4 is 6.09 Å². The number of hydrogen-bond donors (Lipinski definition) is 0. The Morgan fingerprint density at radius 2 is 2.05 bits per heavy atom. The van der Waals surface area contributed by atoms with Crippen LogP contribution in [0.1, 0.15) is 44.9 Å². The normalized spacial score (nSPS) is 15.3. The standard InChI is InChI=1S/C14H23N3O2/c1-6-12-15-10(2)11-9-16(7-8-17(11)12)13(18)19-14(3,4)5/h6-9H2,1-5H3. The molecule has 0 bridgehead atoms. The van der Waals surface area contributed by atoms with Crippen LogP contribution in [0, 0.1) is 6.92 Å². The highest BCUT2D eigenvalue weighted by molar-refractivity contribution is 5.68. The van der Waals surface area contributed by atoms with Crippen molar-refractivity contribution in [1.82, 2.24) is 14.5 Å². The van der Waals surface area contributed by atoms with Crippen molar-refractivity contribution in [2.24, 2.45) is 0 Å². The van der Waals surface area contributed by atoms with Gasteiger partial charge >= 0.3 is 6.09 Å². The van der Waals surface area contributed by atoms with Gasteiger partial charge in [-0.2, -0.15) is 0 Å². The Labute approximate surface area is 114 Å². The van der Waals surface area contributed by atoms with Crippen molar-refractivity contribution in [3.8, 4) is 0 Å². The first-order chi connectivity index (χ1) is 8.81. The van der Waals surface area contributed by atoms with E-state index in [9.17, 15) is 4.79 Å². The van der Waals surface area contributed by atoms with E-state index in [0.717, 1.165) is 30.2 Å². The number of imidazole rings is 1. The summed E-state index contributed by atoms with van der Waals surface area (Å²) >= 11 is 0. The minimum absolute atomic E-state index is 0.239. The summed E-state index contributed by atoms with van der Waals surface area (Å²) in [5, 5.41) is 0. The molecule has 0 radical (unpaired) electrons. The second-order valence-electron chi connectivity index (χ2n) is 5.97. The molecule has 19 heavy (non-hydrogen) atoms. The molecule has 0 N–H and O–H groups in total. The molecule has 0 spiro atoms. The van der Waals surface area contributed by atoms with Crippen LogP contribution in [0.5, 0.6) is 0 Å². The van der Waals surface area contributed by atoms with Crippen molar-refractivity contribution < 1.29 is 9.53 Å². The van der Waals surface area contributed by atoms with Crippen LogP contribution in [0.15, 0.2) is 0 Å². The molecular formula is C14H23N3O2. The number of fused-ring (bicyclic) bond motifs is 1. The number of carbonyl (C=O) groups is 1. The first-order valence-corrected chi connectivity index (χ1v) is 6.84. The zero-order valence-corrected chi connectivity index (χ0v) is 12.5. The highest BCUT2D eigenvalue weighted by atomic mass is 16.6. The van der Waals surface area contributed by atoms with Gasteiger partial charge in [0, 0.05) is 19.5 Å². The SMILES string of the molecule is CCc1nc(C)c2n1CCN(C(=O)OC(C)(C)C)C2. The van der Waals surface area contributed by atoms with Crippen molar-refractivity contribution in [3.63, 3.8) is 0 Å². The van der Waals surface area contributed by atoms with Crippen LogP contribution >= 0.6 is 0 Å². The van der Waals surface area contributed by atoms with E-state index >= 15 is 0 Å². The molecule has 1 aliphatic rings. The zero-order chi connectivity index (χ0) is 14.2. The molecule has 1 aliphatic heterocycles. The molecule has 5 nitrogen and oxygen atoms in total. The minimum Gasteiger partial charge on any atom is -0.444 e. The molecule has 0 saturated heterocycles. The van der Waals surface area contributed by atoms with Crippen molar-refractivity contribution in [2.75, 3.05) is 6.54 Å². The molecule has 0 aromatic carbocycles. The summed E-state index contributed by atoms with van der Waals surface area (Å²) in [6.45, 7) is 11.9. The monoisotopic (exact) mass is 265 g/mol. The van der Waals surface area contributed by atoms with Crippen LogP contribution in [0.2, 0.25) is 0 Å². The van der Waals surface area contributed by atoms with E-state index in [1.807, 2.05) is 27.7 Å². The van der Waals surface area contributed by atoms with Gasteiger partial charge in [0.25, 0.3) is 0 Å². The van der Waals surface area contributed by atoms with Crippen molar-refractivity contribution in [1.29, 1.82) is 0 Å². The lowest BCUT2D eigenvalue weighted by molar-refractivity contribution is 0.0198. The number of rotatable bonds is 1. The lowest BCUT2D eigenvalue weighted by atomic mass is 10.2. The molecule has 0 saturated carbocycles. The van der Waals surface area contributed by atoms with Gasteiger partial charge in [-0.15, -0.1) is 0 Å². The molecule has 2 heterocycles. The third-order valence-electron chi connectivity index (χ3n) is 3.25. The number of amides is 1. The predicted octanol–water partition coefficient (Wildman–Crippen LogP) is 2.50. The van der Waals surface area contributed by atoms with Gasteiger partial charge in [-0.3, -0.25) is 0 Å². The number of nitrogens with zero attached hydrogens (tertiary/aromatic N) is 3. The first-order valence-electron chi connectivity index (χ1n) is 6.84. The number of aryl methyl sites for hydroxylation is 2. The molecule has 106 valence electrons. The van der Waals surface area contributed by atoms with E-state index in [1.165, 1.54) is 0 Å². The van der Waals surface area contributed by atoms with Crippen LogP contribution in [-0.4, -0.2) is 32.7 Å². The molecule has 1 aromatic heterocycles. The maximum atomic E-state index is 12.1. The third-order valence-corrected chi connectivity index (χ3v) is 3.25. The summed E-state index contributed by atoms with van der Waals surface area (Å²) in [4.78, 5) is 18.4. The maximum absolute atomic E-state index is 12.1. The quantitative estimate of drug-likeness (QED) is 0.784. The highest BCUT2D eigenvalue weighted by Crippen LogP contribution is 2.21. The Morgan fingerprint density at radius 3 is 2.63 bits per heavy atom. The highest BCUT2D eigenvalue weighted by Gasteiger charge is 2.28. The van der Waals surface area contributed by atoms with Crippen LogP contribution < -0.4 is 0 Å². The molecule has 0 atom stereocenters. The fourth-order valence-electron chi connectivity index (χ4n) is 2.37. The molecule has 1 amide bonds. The van der Waals surface area contributed by atoms with E-state index in [-0.39, 0.29) is 6.09 Å². The summed E-state index contributed by atoms with van der Waals surface area (Å²) in [7, 11) is 0. The van der Waals surface area contributed by atoms with Gasteiger partial charge in [0.2, 0.25) is 0 Å². The summed E-state index contributed by atoms with van der Waals surface area (Å²) in [6.07, 6.45) is 0.685. The van der Waals surface area contributed by atoms with E-state index < -0.39 is 5.60 Å². The predicted molar refractivity (Wildman–Crippen MR) is 73.0 cm³/mol. The smallest absolute Gasteiger partial charge is 0.410 e. The van der Waals surface area contributed by atoms with E-state index in [4.69, 9.17) is 4.74 Å². The third kappa shape index (κ3) is 2.91. The second kappa shape index (κ2) is 4.87. The first kappa shape index (κ1) is 13.9. The topological polar surface area (TPSA) is 47.4 Å². The fraction of sp³-hybridized carbons (Fsp3) is 0.714. The molecule has 0 fully saturated rings. The zero-order valence-electron chi connectivity index (χ0n) is 12.5. The van der Waals surface area contributed by atoms with Gasteiger partial charge in [-0.05, 0) is 27.7 Å². The number of aromatic nitrogens is 2. The molecule has 0 unspecified atom stereocenters. The van der Waals surface area contributed by atoms with Gasteiger partial charge in [0.05, 0.1) is 17.9 Å². The minimum atomic E-state index is -0.446. The summed E-state index contributed by atoms with van der Waals surface area (Å²) in [5.41, 5.74) is 1.71. The summed E-state index contributed by atoms with van der Waals surface area (Å²) in [5.74, 6) is 1.11. The molecule has 2 rings (SSSR count). The Morgan fingerprint density at radius 1 is 1.37 bits per heavy atom. The fourth-order valence-corrected chi connectivity index (χ4v) is 2.37. The van der Waals surface area contributed by atoms with Crippen LogP contribution in [0.3, 0.4) is 0 Å². The Bertz CT molecular complexity index is 486. The van der Waals surface area contributed by atoms with E-state index in [0.29, 0.717) is 13.1 Å². The van der Waals surface area contributed by atoms with Crippen molar-refractivity contribution in [2.45, 2.75) is 59.7 Å². The lowest BCUT2D eigenvalue weighted by Gasteiger charge is -2.31. The Hall–Kier alpha value is -1.52. The number of ether oxygens (including phenoxy) is 1. The number of carbonyl (C=O) groups excluding carboxylic acids is 1.